The van der Waals surface area contributed by atoms with Crippen molar-refractivity contribution >= 4 is 5.97 Å². The fourth-order valence-corrected chi connectivity index (χ4v) is 4.87. The van der Waals surface area contributed by atoms with Crippen molar-refractivity contribution in [2.24, 2.45) is 23.2 Å². The molecule has 1 N–H and O–H groups in total. The number of carbonyl (C=O) groups is 1. The van der Waals surface area contributed by atoms with Crippen molar-refractivity contribution in [3.63, 3.8) is 0 Å². The van der Waals surface area contributed by atoms with E-state index in [2.05, 4.69) is 39.0 Å². The molecule has 2 aliphatic rings. The Hall–Kier alpha value is -1.09. The average Bonchev–Trinajstić information content (AvgIpc) is 2.81. The molecule has 142 valence electrons. The van der Waals surface area contributed by atoms with E-state index >= 15 is 0 Å². The molecule has 5 atom stereocenters. The molecule has 0 saturated heterocycles. The molecule has 1 fully saturated rings. The van der Waals surface area contributed by atoms with Crippen LogP contribution in [0.1, 0.15) is 73.6 Å². The van der Waals surface area contributed by atoms with E-state index in [1.54, 1.807) is 0 Å². The molecule has 0 aromatic rings. The van der Waals surface area contributed by atoms with E-state index in [0.717, 1.165) is 32.1 Å². The number of allylic oxidation sites excluding steroid dienone is 3. The first kappa shape index (κ1) is 20.2. The summed E-state index contributed by atoms with van der Waals surface area (Å²) in [6.45, 7) is 12.0. The van der Waals surface area contributed by atoms with Crippen LogP contribution in [0, 0.1) is 23.2 Å². The molecule has 0 radical (unpaired) electrons. The number of hydrogen-bond acceptors (Lipinski definition) is 3. The van der Waals surface area contributed by atoms with Crippen LogP contribution in [0.25, 0.3) is 0 Å². The van der Waals surface area contributed by atoms with E-state index in [1.165, 1.54) is 12.5 Å². The third-order valence-corrected chi connectivity index (χ3v) is 6.26. The molecule has 2 rings (SSSR count). The third-order valence-electron chi connectivity index (χ3n) is 6.26. The molecule has 3 nitrogen and oxygen atoms in total. The zero-order valence-corrected chi connectivity index (χ0v) is 16.8. The van der Waals surface area contributed by atoms with Gasteiger partial charge < -0.3 is 9.84 Å². The Balaban J connectivity index is 2.49. The highest BCUT2D eigenvalue weighted by Gasteiger charge is 2.53. The topological polar surface area (TPSA) is 46.5 Å². The van der Waals surface area contributed by atoms with E-state index < -0.39 is 5.60 Å². The summed E-state index contributed by atoms with van der Waals surface area (Å²) in [6.07, 6.45) is 11.7. The summed E-state index contributed by atoms with van der Waals surface area (Å²) < 4.78 is 5.84. The fraction of sp³-hybridized carbons (Fsp3) is 0.773. The van der Waals surface area contributed by atoms with Crippen molar-refractivity contribution in [2.75, 3.05) is 0 Å². The largest absolute Gasteiger partial charge is 0.462 e. The quantitative estimate of drug-likeness (QED) is 0.561. The van der Waals surface area contributed by atoms with Crippen molar-refractivity contribution in [3.05, 3.63) is 23.8 Å². The van der Waals surface area contributed by atoms with Gasteiger partial charge in [-0.15, -0.1) is 0 Å². The second kappa shape index (κ2) is 7.65. The van der Waals surface area contributed by atoms with Gasteiger partial charge in [0.15, 0.2) is 0 Å². The summed E-state index contributed by atoms with van der Waals surface area (Å²) in [6, 6.07) is 0. The maximum atomic E-state index is 11.8. The minimum absolute atomic E-state index is 0.0519. The molecular weight excluding hydrogens is 312 g/mol. The van der Waals surface area contributed by atoms with Gasteiger partial charge in [-0.2, -0.15) is 0 Å². The molecule has 0 unspecified atom stereocenters. The Morgan fingerprint density at radius 3 is 2.64 bits per heavy atom. The summed E-state index contributed by atoms with van der Waals surface area (Å²) in [5, 5.41) is 10.8. The van der Waals surface area contributed by atoms with Crippen LogP contribution >= 0.6 is 0 Å². The van der Waals surface area contributed by atoms with Gasteiger partial charge in [0.25, 0.3) is 0 Å². The van der Waals surface area contributed by atoms with Crippen LogP contribution < -0.4 is 0 Å². The van der Waals surface area contributed by atoms with Crippen molar-refractivity contribution in [3.8, 4) is 0 Å². The van der Waals surface area contributed by atoms with E-state index in [1.807, 2.05) is 13.8 Å². The standard InChI is InChI=1S/C22H36O3/c1-15-8-7-9-16(2)14-19(25-17(3)23)20-18(21(4,5)24)11-13-22(20,6)12-10-15/h9-10,12,15,18-20,24H,7-8,11,13-14H2,1-6H3/t15-,18+,19-,20+,22-/m0/s1. The summed E-state index contributed by atoms with van der Waals surface area (Å²) >= 11 is 0. The number of hydrogen-bond donors (Lipinski definition) is 1. The van der Waals surface area contributed by atoms with Crippen LogP contribution in [0.2, 0.25) is 0 Å². The molecular formula is C22H36O3. The van der Waals surface area contributed by atoms with Gasteiger partial charge in [0, 0.05) is 19.3 Å². The second-order valence-electron chi connectivity index (χ2n) is 9.15. The maximum absolute atomic E-state index is 11.8. The first-order valence-electron chi connectivity index (χ1n) is 9.77. The van der Waals surface area contributed by atoms with Crippen LogP contribution in [-0.2, 0) is 9.53 Å². The van der Waals surface area contributed by atoms with Crippen molar-refractivity contribution in [2.45, 2.75) is 85.4 Å². The van der Waals surface area contributed by atoms with Gasteiger partial charge in [-0.1, -0.05) is 37.6 Å². The lowest BCUT2D eigenvalue weighted by atomic mass is 9.68. The summed E-state index contributed by atoms with van der Waals surface area (Å²) in [7, 11) is 0. The van der Waals surface area contributed by atoms with Gasteiger partial charge in [0.2, 0.25) is 0 Å². The van der Waals surface area contributed by atoms with Gasteiger partial charge in [-0.3, -0.25) is 4.79 Å². The van der Waals surface area contributed by atoms with Gasteiger partial charge in [0.05, 0.1) is 5.60 Å². The molecule has 0 heterocycles. The predicted octanol–water partition coefficient (Wildman–Crippen LogP) is 5.04. The molecule has 0 aromatic heterocycles. The number of esters is 1. The lowest BCUT2D eigenvalue weighted by Crippen LogP contribution is -2.44. The van der Waals surface area contributed by atoms with Crippen molar-refractivity contribution in [1.29, 1.82) is 0 Å². The lowest BCUT2D eigenvalue weighted by Gasteiger charge is -2.41. The Bertz CT molecular complexity index is 540. The molecule has 0 amide bonds. The van der Waals surface area contributed by atoms with E-state index in [-0.39, 0.29) is 29.3 Å². The molecule has 3 heteroatoms. The molecule has 25 heavy (non-hydrogen) atoms. The van der Waals surface area contributed by atoms with Crippen LogP contribution in [0.5, 0.6) is 0 Å². The predicted molar refractivity (Wildman–Crippen MR) is 102 cm³/mol. The first-order chi connectivity index (χ1) is 11.5. The molecule has 0 aromatic carbocycles. The highest BCUT2D eigenvalue weighted by molar-refractivity contribution is 5.66. The third kappa shape index (κ3) is 4.97. The number of rotatable bonds is 2. The highest BCUT2D eigenvalue weighted by atomic mass is 16.5. The van der Waals surface area contributed by atoms with Gasteiger partial charge in [-0.05, 0) is 63.7 Å². The van der Waals surface area contributed by atoms with Crippen LogP contribution in [0.4, 0.5) is 0 Å². The van der Waals surface area contributed by atoms with E-state index in [4.69, 9.17) is 4.74 Å². The molecule has 1 saturated carbocycles. The summed E-state index contributed by atoms with van der Waals surface area (Å²) in [5.41, 5.74) is 0.450. The Kier molecular flexibility index (Phi) is 6.19. The Morgan fingerprint density at radius 2 is 2.04 bits per heavy atom. The van der Waals surface area contributed by atoms with Gasteiger partial charge in [-0.25, -0.2) is 0 Å². The SMILES string of the molecule is CC(=O)O[C@H]1CC(C)=CCC[C@H](C)C=C[C@@]2(C)CC[C@@H](C(C)(C)O)[C@H]12. The lowest BCUT2D eigenvalue weighted by molar-refractivity contribution is -0.154. The number of aliphatic hydroxyl groups is 1. The minimum Gasteiger partial charge on any atom is -0.462 e. The fourth-order valence-electron chi connectivity index (χ4n) is 4.87. The van der Waals surface area contributed by atoms with Crippen LogP contribution in [0.15, 0.2) is 23.8 Å². The normalized spacial score (nSPS) is 37.0. The Labute approximate surface area is 153 Å². The summed E-state index contributed by atoms with van der Waals surface area (Å²) in [4.78, 5) is 11.8. The monoisotopic (exact) mass is 348 g/mol. The van der Waals surface area contributed by atoms with E-state index in [0.29, 0.717) is 5.92 Å². The zero-order chi connectivity index (χ0) is 18.8. The van der Waals surface area contributed by atoms with Crippen molar-refractivity contribution < 1.29 is 14.6 Å². The van der Waals surface area contributed by atoms with Gasteiger partial charge >= 0.3 is 5.97 Å². The van der Waals surface area contributed by atoms with Crippen molar-refractivity contribution in [1.82, 2.24) is 0 Å². The van der Waals surface area contributed by atoms with E-state index in [9.17, 15) is 9.90 Å². The average molecular weight is 349 g/mol. The molecule has 2 aliphatic carbocycles. The second-order valence-corrected chi connectivity index (χ2v) is 9.15. The van der Waals surface area contributed by atoms with Gasteiger partial charge in [0.1, 0.15) is 6.10 Å². The first-order valence-corrected chi connectivity index (χ1v) is 9.77. The molecule has 0 spiro atoms. The number of fused-ring (bicyclic) bond motifs is 1. The molecule has 0 aliphatic heterocycles. The molecule has 0 bridgehead atoms. The number of carbonyl (C=O) groups excluding carboxylic acids is 1. The van der Waals surface area contributed by atoms with Crippen LogP contribution in [-0.4, -0.2) is 22.8 Å². The minimum atomic E-state index is -0.780. The summed E-state index contributed by atoms with van der Waals surface area (Å²) in [5.74, 6) is 0.554. The maximum Gasteiger partial charge on any atom is 0.302 e. The number of ether oxygens (including phenoxy) is 1. The smallest absolute Gasteiger partial charge is 0.302 e. The Morgan fingerprint density at radius 1 is 1.36 bits per heavy atom. The zero-order valence-electron chi connectivity index (χ0n) is 16.8. The van der Waals surface area contributed by atoms with Crippen LogP contribution in [0.3, 0.4) is 0 Å². The highest BCUT2D eigenvalue weighted by Crippen LogP contribution is 2.54.